The molecule has 0 radical (unpaired) electrons. The first-order chi connectivity index (χ1) is 8.22. The van der Waals surface area contributed by atoms with E-state index in [1.807, 2.05) is 11.9 Å². The second-order valence-corrected chi connectivity index (χ2v) is 5.01. The normalized spacial score (nSPS) is 30.8. The molecule has 98 valence electrons. The number of amides is 1. The topological polar surface area (TPSA) is 44.8 Å². The van der Waals surface area contributed by atoms with Gasteiger partial charge in [0.15, 0.2) is 0 Å². The molecular weight excluding hydrogens is 218 g/mol. The molecule has 0 saturated carbocycles. The molecule has 2 rings (SSSR count). The van der Waals surface area contributed by atoms with Crippen molar-refractivity contribution in [1.29, 1.82) is 0 Å². The molecule has 0 aromatic rings. The zero-order valence-electron chi connectivity index (χ0n) is 10.8. The van der Waals surface area contributed by atoms with Crippen LogP contribution in [0.5, 0.6) is 0 Å². The van der Waals surface area contributed by atoms with Crippen LogP contribution in [0.15, 0.2) is 0 Å². The zero-order valence-corrected chi connectivity index (χ0v) is 10.8. The molecule has 1 amide bonds. The monoisotopic (exact) mass is 241 g/mol. The highest BCUT2D eigenvalue weighted by molar-refractivity contribution is 5.81. The Morgan fingerprint density at radius 3 is 2.94 bits per heavy atom. The van der Waals surface area contributed by atoms with E-state index in [9.17, 15) is 4.79 Å². The van der Waals surface area contributed by atoms with Gasteiger partial charge in [-0.2, -0.15) is 0 Å². The molecule has 2 saturated heterocycles. The predicted molar refractivity (Wildman–Crippen MR) is 65.9 cm³/mol. The minimum atomic E-state index is -0.183. The summed E-state index contributed by atoms with van der Waals surface area (Å²) in [5.74, 6) is 0.191. The Balaban J connectivity index is 1.98. The van der Waals surface area contributed by atoms with Crippen LogP contribution in [0.1, 0.15) is 12.8 Å². The van der Waals surface area contributed by atoms with Gasteiger partial charge in [-0.25, -0.2) is 0 Å². The van der Waals surface area contributed by atoms with Crippen molar-refractivity contribution >= 4 is 5.91 Å². The molecule has 2 unspecified atom stereocenters. The second-order valence-electron chi connectivity index (χ2n) is 5.01. The van der Waals surface area contributed by atoms with Gasteiger partial charge in [-0.1, -0.05) is 0 Å². The Hall–Kier alpha value is -0.650. The predicted octanol–water partition coefficient (Wildman–Crippen LogP) is -0.473. The van der Waals surface area contributed by atoms with Gasteiger partial charge in [0.05, 0.1) is 6.04 Å². The third kappa shape index (κ3) is 2.97. The summed E-state index contributed by atoms with van der Waals surface area (Å²) in [5.41, 5.74) is 0. The van der Waals surface area contributed by atoms with E-state index in [4.69, 9.17) is 4.74 Å². The van der Waals surface area contributed by atoms with Gasteiger partial charge in [0.1, 0.15) is 6.10 Å². The highest BCUT2D eigenvalue weighted by Gasteiger charge is 2.34. The summed E-state index contributed by atoms with van der Waals surface area (Å²) in [5, 5.41) is 3.17. The van der Waals surface area contributed by atoms with E-state index in [1.165, 1.54) is 0 Å². The lowest BCUT2D eigenvalue weighted by Crippen LogP contribution is -2.59. The van der Waals surface area contributed by atoms with Crippen molar-refractivity contribution < 1.29 is 9.53 Å². The lowest BCUT2D eigenvalue weighted by molar-refractivity contribution is -0.145. The number of hydrogen-bond donors (Lipinski definition) is 1. The van der Waals surface area contributed by atoms with Gasteiger partial charge in [-0.15, -0.1) is 0 Å². The fourth-order valence-corrected chi connectivity index (χ4v) is 2.67. The van der Waals surface area contributed by atoms with Crippen molar-refractivity contribution in [3.63, 3.8) is 0 Å². The number of carbonyl (C=O) groups excluding carboxylic acids is 1. The van der Waals surface area contributed by atoms with E-state index >= 15 is 0 Å². The molecule has 5 heteroatoms. The second kappa shape index (κ2) is 5.80. The third-order valence-electron chi connectivity index (χ3n) is 3.61. The Morgan fingerprint density at radius 1 is 1.47 bits per heavy atom. The smallest absolute Gasteiger partial charge is 0.252 e. The van der Waals surface area contributed by atoms with Gasteiger partial charge >= 0.3 is 0 Å². The summed E-state index contributed by atoms with van der Waals surface area (Å²) in [7, 11) is 4.04. The summed E-state index contributed by atoms with van der Waals surface area (Å²) in [6, 6.07) is 0.274. The van der Waals surface area contributed by atoms with Gasteiger partial charge in [0, 0.05) is 32.8 Å². The molecule has 0 spiro atoms. The first-order valence-corrected chi connectivity index (χ1v) is 6.47. The molecule has 1 N–H and O–H groups in total. The number of ether oxygens (including phenoxy) is 1. The van der Waals surface area contributed by atoms with E-state index in [0.29, 0.717) is 0 Å². The van der Waals surface area contributed by atoms with Gasteiger partial charge in [0.2, 0.25) is 0 Å². The number of piperazine rings is 1. The number of carbonyl (C=O) groups is 1. The minimum absolute atomic E-state index is 0.183. The molecule has 5 nitrogen and oxygen atoms in total. The molecule has 2 aliphatic heterocycles. The fraction of sp³-hybridized carbons (Fsp3) is 0.917. The van der Waals surface area contributed by atoms with Crippen molar-refractivity contribution in [3.05, 3.63) is 0 Å². The Bertz CT molecular complexity index is 266. The average molecular weight is 241 g/mol. The Morgan fingerprint density at radius 2 is 2.29 bits per heavy atom. The lowest BCUT2D eigenvalue weighted by Gasteiger charge is -2.41. The quantitative estimate of drug-likeness (QED) is 0.725. The molecule has 2 heterocycles. The van der Waals surface area contributed by atoms with Crippen LogP contribution in [-0.2, 0) is 9.53 Å². The maximum Gasteiger partial charge on any atom is 0.252 e. The third-order valence-corrected chi connectivity index (χ3v) is 3.61. The van der Waals surface area contributed by atoms with Crippen LogP contribution in [0.4, 0.5) is 0 Å². The van der Waals surface area contributed by atoms with Crippen LogP contribution in [-0.4, -0.2) is 74.7 Å². The van der Waals surface area contributed by atoms with Gasteiger partial charge in [-0.05, 0) is 26.9 Å². The summed E-state index contributed by atoms with van der Waals surface area (Å²) >= 11 is 0. The zero-order chi connectivity index (χ0) is 12.3. The SMILES string of the molecule is CNCC1CN(C)CCN1C(=O)C1CCCO1. The number of likely N-dealkylation sites (N-methyl/N-ethyl adjacent to an activating group) is 2. The van der Waals surface area contributed by atoms with Crippen LogP contribution in [0.3, 0.4) is 0 Å². The molecule has 0 aromatic heterocycles. The Labute approximate surface area is 103 Å². The van der Waals surface area contributed by atoms with Crippen molar-refractivity contribution in [2.75, 3.05) is 46.9 Å². The van der Waals surface area contributed by atoms with Crippen molar-refractivity contribution in [1.82, 2.24) is 15.1 Å². The molecule has 2 fully saturated rings. The highest BCUT2D eigenvalue weighted by atomic mass is 16.5. The van der Waals surface area contributed by atoms with Crippen molar-refractivity contribution in [3.8, 4) is 0 Å². The summed E-state index contributed by atoms with van der Waals surface area (Å²) in [6.45, 7) is 4.31. The van der Waals surface area contributed by atoms with Gasteiger partial charge < -0.3 is 19.9 Å². The van der Waals surface area contributed by atoms with Crippen LogP contribution < -0.4 is 5.32 Å². The van der Waals surface area contributed by atoms with Gasteiger partial charge in [0.25, 0.3) is 5.91 Å². The highest BCUT2D eigenvalue weighted by Crippen LogP contribution is 2.18. The molecule has 2 aliphatic rings. The van der Waals surface area contributed by atoms with E-state index in [2.05, 4.69) is 17.3 Å². The summed E-state index contributed by atoms with van der Waals surface area (Å²) in [6.07, 6.45) is 1.72. The van der Waals surface area contributed by atoms with Crippen LogP contribution in [0, 0.1) is 0 Å². The number of rotatable bonds is 3. The molecule has 17 heavy (non-hydrogen) atoms. The summed E-state index contributed by atoms with van der Waals surface area (Å²) in [4.78, 5) is 16.6. The van der Waals surface area contributed by atoms with Crippen LogP contribution >= 0.6 is 0 Å². The molecular formula is C12H23N3O2. The minimum Gasteiger partial charge on any atom is -0.368 e. The fourth-order valence-electron chi connectivity index (χ4n) is 2.67. The average Bonchev–Trinajstić information content (AvgIpc) is 2.82. The number of hydrogen-bond acceptors (Lipinski definition) is 4. The Kier molecular flexibility index (Phi) is 4.36. The van der Waals surface area contributed by atoms with E-state index in [-0.39, 0.29) is 18.1 Å². The molecule has 2 atom stereocenters. The first kappa shape index (κ1) is 12.8. The maximum absolute atomic E-state index is 12.3. The van der Waals surface area contributed by atoms with E-state index in [0.717, 1.165) is 45.6 Å². The standard InChI is InChI=1S/C12H23N3O2/c1-13-8-10-9-14(2)5-6-15(10)12(16)11-4-3-7-17-11/h10-11,13H,3-9H2,1-2H3. The van der Waals surface area contributed by atoms with Crippen LogP contribution in [0.2, 0.25) is 0 Å². The molecule has 0 aromatic carbocycles. The van der Waals surface area contributed by atoms with Crippen LogP contribution in [0.25, 0.3) is 0 Å². The number of nitrogens with zero attached hydrogens (tertiary/aromatic N) is 2. The lowest BCUT2D eigenvalue weighted by atomic mass is 10.1. The molecule has 0 aliphatic carbocycles. The van der Waals surface area contributed by atoms with Crippen molar-refractivity contribution in [2.45, 2.75) is 25.0 Å². The molecule has 0 bridgehead atoms. The number of nitrogens with one attached hydrogen (secondary N) is 1. The van der Waals surface area contributed by atoms with Crippen molar-refractivity contribution in [2.24, 2.45) is 0 Å². The van der Waals surface area contributed by atoms with E-state index in [1.54, 1.807) is 0 Å². The van der Waals surface area contributed by atoms with E-state index < -0.39 is 0 Å². The van der Waals surface area contributed by atoms with Gasteiger partial charge in [-0.3, -0.25) is 4.79 Å². The largest absolute Gasteiger partial charge is 0.368 e. The maximum atomic E-state index is 12.3. The summed E-state index contributed by atoms with van der Waals surface area (Å²) < 4.78 is 5.50. The first-order valence-electron chi connectivity index (χ1n) is 6.47.